The molecular weight excluding hydrogens is 298 g/mol. The van der Waals surface area contributed by atoms with E-state index in [1.807, 2.05) is 24.6 Å². The zero-order valence-electron chi connectivity index (χ0n) is 10.1. The van der Waals surface area contributed by atoms with E-state index < -0.39 is 0 Å². The Balaban J connectivity index is 2.10. The normalized spacial score (nSPS) is 12.4. The molecule has 1 unspecified atom stereocenters. The first-order chi connectivity index (χ1) is 8.63. The number of hydrogen-bond acceptors (Lipinski definition) is 3. The molecule has 7 heteroatoms. The fourth-order valence-corrected chi connectivity index (χ4v) is 2.12. The molecule has 1 atom stereocenters. The van der Waals surface area contributed by atoms with Crippen LogP contribution in [0.3, 0.4) is 0 Å². The summed E-state index contributed by atoms with van der Waals surface area (Å²) in [7, 11) is 0. The van der Waals surface area contributed by atoms with Gasteiger partial charge in [0, 0.05) is 12.7 Å². The van der Waals surface area contributed by atoms with Crippen LogP contribution >= 0.6 is 15.9 Å². The maximum Gasteiger partial charge on any atom is 0.270 e. The fraction of sp³-hybridized carbons (Fsp3) is 0.364. The molecule has 1 amide bonds. The number of nitrogens with one attached hydrogen (secondary N) is 2. The van der Waals surface area contributed by atoms with Gasteiger partial charge in [-0.25, -0.2) is 0 Å². The lowest BCUT2D eigenvalue weighted by Gasteiger charge is -2.14. The summed E-state index contributed by atoms with van der Waals surface area (Å²) >= 11 is 3.26. The van der Waals surface area contributed by atoms with E-state index in [0.29, 0.717) is 10.2 Å². The molecule has 0 fully saturated rings. The number of amides is 1. The van der Waals surface area contributed by atoms with Gasteiger partial charge in [0.15, 0.2) is 0 Å². The predicted molar refractivity (Wildman–Crippen MR) is 70.1 cm³/mol. The second-order valence-electron chi connectivity index (χ2n) is 3.86. The van der Waals surface area contributed by atoms with Crippen molar-refractivity contribution in [3.05, 3.63) is 34.3 Å². The summed E-state index contributed by atoms with van der Waals surface area (Å²) in [5, 5.41) is 13.5. The van der Waals surface area contributed by atoms with Gasteiger partial charge in [-0.15, -0.1) is 0 Å². The number of hydrogen-bond donors (Lipinski definition) is 2. The lowest BCUT2D eigenvalue weighted by Crippen LogP contribution is -2.28. The molecular formula is C11H14BrN5O. The Hall–Kier alpha value is -1.63. The van der Waals surface area contributed by atoms with Crippen LogP contribution in [0.25, 0.3) is 0 Å². The molecule has 0 radical (unpaired) electrons. The van der Waals surface area contributed by atoms with Crippen LogP contribution in [0.2, 0.25) is 0 Å². The maximum atomic E-state index is 12.0. The summed E-state index contributed by atoms with van der Waals surface area (Å²) in [6, 6.07) is 1.78. The molecule has 0 bridgehead atoms. The Kier molecular flexibility index (Phi) is 3.81. The average Bonchev–Trinajstić information content (AvgIpc) is 2.96. The molecule has 0 aliphatic rings. The van der Waals surface area contributed by atoms with Gasteiger partial charge in [-0.05, 0) is 35.8 Å². The van der Waals surface area contributed by atoms with Crippen LogP contribution in [-0.2, 0) is 6.54 Å². The summed E-state index contributed by atoms with van der Waals surface area (Å²) in [4.78, 5) is 12.0. The van der Waals surface area contributed by atoms with Crippen LogP contribution in [0.1, 0.15) is 36.1 Å². The highest BCUT2D eigenvalue weighted by Gasteiger charge is 2.17. The number of carbonyl (C=O) groups is 1. The average molecular weight is 312 g/mol. The molecule has 2 rings (SSSR count). The van der Waals surface area contributed by atoms with E-state index in [4.69, 9.17) is 0 Å². The van der Waals surface area contributed by atoms with Crippen molar-refractivity contribution in [2.75, 3.05) is 0 Å². The molecule has 0 aliphatic heterocycles. The summed E-state index contributed by atoms with van der Waals surface area (Å²) < 4.78 is 2.50. The van der Waals surface area contributed by atoms with Crippen LogP contribution in [0, 0.1) is 0 Å². The van der Waals surface area contributed by atoms with Gasteiger partial charge in [0.25, 0.3) is 5.91 Å². The number of aromatic amines is 1. The van der Waals surface area contributed by atoms with E-state index in [2.05, 4.69) is 36.5 Å². The topological polar surface area (TPSA) is 75.6 Å². The van der Waals surface area contributed by atoms with Crippen LogP contribution in [0.5, 0.6) is 0 Å². The molecule has 96 valence electrons. The Labute approximate surface area is 113 Å². The molecule has 2 N–H and O–H groups in total. The highest BCUT2D eigenvalue weighted by molar-refractivity contribution is 9.10. The quantitative estimate of drug-likeness (QED) is 0.905. The summed E-state index contributed by atoms with van der Waals surface area (Å²) in [5.74, 6) is -0.198. The number of carbonyl (C=O) groups excluding carboxylic acids is 1. The minimum atomic E-state index is -0.198. The fourth-order valence-electron chi connectivity index (χ4n) is 1.75. The van der Waals surface area contributed by atoms with Crippen molar-refractivity contribution >= 4 is 21.8 Å². The minimum Gasteiger partial charge on any atom is -0.343 e. The molecule has 2 heterocycles. The van der Waals surface area contributed by atoms with E-state index in [1.54, 1.807) is 12.4 Å². The third-order valence-corrected chi connectivity index (χ3v) is 3.26. The lowest BCUT2D eigenvalue weighted by atomic mass is 10.2. The highest BCUT2D eigenvalue weighted by Crippen LogP contribution is 2.16. The minimum absolute atomic E-state index is 0.116. The van der Waals surface area contributed by atoms with Crippen LogP contribution in [0.4, 0.5) is 0 Å². The summed E-state index contributed by atoms with van der Waals surface area (Å²) in [5.41, 5.74) is 1.39. The molecule has 0 aromatic carbocycles. The smallest absolute Gasteiger partial charge is 0.270 e. The van der Waals surface area contributed by atoms with Crippen molar-refractivity contribution in [3.63, 3.8) is 0 Å². The lowest BCUT2D eigenvalue weighted by molar-refractivity contribution is 0.0932. The largest absolute Gasteiger partial charge is 0.343 e. The molecule has 0 aliphatic carbocycles. The third-order valence-electron chi connectivity index (χ3n) is 2.66. The Morgan fingerprint density at radius 2 is 2.44 bits per heavy atom. The zero-order chi connectivity index (χ0) is 13.1. The molecule has 2 aromatic rings. The summed E-state index contributed by atoms with van der Waals surface area (Å²) in [6.45, 7) is 4.71. The molecule has 18 heavy (non-hydrogen) atoms. The first-order valence-electron chi connectivity index (χ1n) is 5.65. The van der Waals surface area contributed by atoms with Gasteiger partial charge in [-0.1, -0.05) is 0 Å². The van der Waals surface area contributed by atoms with Gasteiger partial charge in [0.2, 0.25) is 0 Å². The van der Waals surface area contributed by atoms with E-state index in [0.717, 1.165) is 12.2 Å². The van der Waals surface area contributed by atoms with Crippen molar-refractivity contribution in [2.24, 2.45) is 0 Å². The van der Waals surface area contributed by atoms with E-state index in [-0.39, 0.29) is 11.9 Å². The van der Waals surface area contributed by atoms with E-state index >= 15 is 0 Å². The molecule has 0 saturated heterocycles. The van der Waals surface area contributed by atoms with Crippen molar-refractivity contribution in [3.8, 4) is 0 Å². The molecule has 2 aromatic heterocycles. The van der Waals surface area contributed by atoms with Crippen LogP contribution in [0.15, 0.2) is 22.9 Å². The molecule has 0 spiro atoms. The number of halogens is 1. The highest BCUT2D eigenvalue weighted by atomic mass is 79.9. The Morgan fingerprint density at radius 1 is 1.67 bits per heavy atom. The van der Waals surface area contributed by atoms with Gasteiger partial charge in [0.1, 0.15) is 5.69 Å². The Morgan fingerprint density at radius 3 is 3.06 bits per heavy atom. The second kappa shape index (κ2) is 5.34. The van der Waals surface area contributed by atoms with Crippen molar-refractivity contribution in [1.82, 2.24) is 25.3 Å². The number of aryl methyl sites for hydroxylation is 1. The summed E-state index contributed by atoms with van der Waals surface area (Å²) in [6.07, 6.45) is 3.28. The number of aromatic nitrogens is 4. The van der Waals surface area contributed by atoms with Crippen LogP contribution in [-0.4, -0.2) is 25.9 Å². The predicted octanol–water partition coefficient (Wildman–Crippen LogP) is 1.88. The van der Waals surface area contributed by atoms with E-state index in [1.165, 1.54) is 0 Å². The van der Waals surface area contributed by atoms with E-state index in [9.17, 15) is 4.79 Å². The van der Waals surface area contributed by atoms with Gasteiger partial charge < -0.3 is 5.32 Å². The Bertz CT molecular complexity index is 547. The first-order valence-corrected chi connectivity index (χ1v) is 6.44. The number of H-pyrrole nitrogens is 1. The standard InChI is InChI=1S/C11H14BrN5O/c1-3-17-9(4-5-14-17)7(2)15-11(18)10-8(12)6-13-16-10/h4-7H,3H2,1-2H3,(H,13,16)(H,15,18). The second-order valence-corrected chi connectivity index (χ2v) is 4.71. The van der Waals surface area contributed by atoms with Gasteiger partial charge in [-0.3, -0.25) is 14.6 Å². The van der Waals surface area contributed by atoms with Crippen molar-refractivity contribution < 1.29 is 4.79 Å². The molecule has 6 nitrogen and oxygen atoms in total. The van der Waals surface area contributed by atoms with Crippen molar-refractivity contribution in [1.29, 1.82) is 0 Å². The van der Waals surface area contributed by atoms with Gasteiger partial charge in [-0.2, -0.15) is 10.2 Å². The number of nitrogens with zero attached hydrogens (tertiary/aromatic N) is 3. The molecule has 0 saturated carbocycles. The third kappa shape index (κ3) is 2.45. The van der Waals surface area contributed by atoms with Gasteiger partial charge >= 0.3 is 0 Å². The first kappa shape index (κ1) is 12.8. The van der Waals surface area contributed by atoms with Crippen molar-refractivity contribution in [2.45, 2.75) is 26.4 Å². The zero-order valence-corrected chi connectivity index (χ0v) is 11.7. The SMILES string of the molecule is CCn1nccc1C(C)NC(=O)c1[nH]ncc1Br. The number of rotatable bonds is 4. The maximum absolute atomic E-state index is 12.0. The monoisotopic (exact) mass is 311 g/mol. The van der Waals surface area contributed by atoms with Crippen LogP contribution < -0.4 is 5.32 Å². The van der Waals surface area contributed by atoms with Gasteiger partial charge in [0.05, 0.1) is 22.4 Å².